The summed E-state index contributed by atoms with van der Waals surface area (Å²) in [4.78, 5) is 6.71. The van der Waals surface area contributed by atoms with Crippen LogP contribution in [-0.2, 0) is 6.54 Å². The van der Waals surface area contributed by atoms with E-state index in [1.807, 2.05) is 18.3 Å². The zero-order chi connectivity index (χ0) is 15.6. The number of nitrogens with zero attached hydrogens (tertiary/aromatic N) is 2. The van der Waals surface area contributed by atoms with Crippen LogP contribution < -0.4 is 0 Å². The molecule has 0 bridgehead atoms. The van der Waals surface area contributed by atoms with Crippen LogP contribution in [0, 0.1) is 0 Å². The fourth-order valence-electron chi connectivity index (χ4n) is 3.65. The predicted molar refractivity (Wildman–Crippen MR) is 92.2 cm³/mol. The minimum absolute atomic E-state index is 0.365. The number of hydrogen-bond donors (Lipinski definition) is 1. The quantitative estimate of drug-likeness (QED) is 0.784. The number of hydrogen-bond acceptors (Lipinski definition) is 3. The van der Waals surface area contributed by atoms with Crippen molar-refractivity contribution in [1.29, 1.82) is 0 Å². The lowest BCUT2D eigenvalue weighted by atomic mass is 10.0. The Hall–Kier alpha value is -2.39. The van der Waals surface area contributed by atoms with Gasteiger partial charge in [0.25, 0.3) is 0 Å². The molecule has 0 radical (unpaired) electrons. The summed E-state index contributed by atoms with van der Waals surface area (Å²) < 4.78 is 0. The average molecular weight is 304 g/mol. The molecule has 0 unspecified atom stereocenters. The fraction of sp³-hybridized carbons (Fsp3) is 0.250. The second-order valence-electron chi connectivity index (χ2n) is 6.20. The van der Waals surface area contributed by atoms with Crippen LogP contribution in [0.25, 0.3) is 10.8 Å². The Morgan fingerprint density at radius 1 is 1.09 bits per heavy atom. The normalized spacial score (nSPS) is 18.5. The van der Waals surface area contributed by atoms with Gasteiger partial charge in [0.05, 0.1) is 0 Å². The molecule has 1 saturated heterocycles. The molecule has 2 aromatic carbocycles. The Morgan fingerprint density at radius 3 is 2.83 bits per heavy atom. The number of aromatic hydroxyl groups is 1. The van der Waals surface area contributed by atoms with Crippen LogP contribution in [0.4, 0.5) is 0 Å². The lowest BCUT2D eigenvalue weighted by Gasteiger charge is -2.25. The van der Waals surface area contributed by atoms with Crippen molar-refractivity contribution < 1.29 is 5.11 Å². The number of aromatic nitrogens is 1. The first-order valence-electron chi connectivity index (χ1n) is 8.16. The molecule has 1 aromatic heterocycles. The van der Waals surface area contributed by atoms with Gasteiger partial charge in [0, 0.05) is 35.9 Å². The summed E-state index contributed by atoms with van der Waals surface area (Å²) >= 11 is 0. The first-order valence-corrected chi connectivity index (χ1v) is 8.16. The molecule has 116 valence electrons. The van der Waals surface area contributed by atoms with Crippen LogP contribution in [-0.4, -0.2) is 21.5 Å². The highest BCUT2D eigenvalue weighted by molar-refractivity contribution is 5.86. The Bertz CT molecular complexity index is 816. The second-order valence-corrected chi connectivity index (χ2v) is 6.20. The molecule has 1 fully saturated rings. The predicted octanol–water partition coefficient (Wildman–Crippen LogP) is 4.28. The topological polar surface area (TPSA) is 36.4 Å². The molecule has 23 heavy (non-hydrogen) atoms. The number of likely N-dealkylation sites (tertiary alicyclic amines) is 1. The van der Waals surface area contributed by atoms with E-state index in [1.54, 1.807) is 12.3 Å². The molecule has 0 aliphatic carbocycles. The average Bonchev–Trinajstić information content (AvgIpc) is 3.06. The number of fused-ring (bicyclic) bond motifs is 1. The van der Waals surface area contributed by atoms with Gasteiger partial charge in [0.2, 0.25) is 0 Å². The maximum absolute atomic E-state index is 10.4. The Labute approximate surface area is 136 Å². The molecule has 1 atom stereocenters. The van der Waals surface area contributed by atoms with Crippen molar-refractivity contribution in [1.82, 2.24) is 9.88 Å². The van der Waals surface area contributed by atoms with Crippen LogP contribution in [0.5, 0.6) is 5.75 Å². The Kier molecular flexibility index (Phi) is 3.72. The highest BCUT2D eigenvalue weighted by atomic mass is 16.3. The maximum Gasteiger partial charge on any atom is 0.120 e. The summed E-state index contributed by atoms with van der Waals surface area (Å²) in [5.41, 5.74) is 2.35. The molecule has 0 saturated carbocycles. The van der Waals surface area contributed by atoms with Gasteiger partial charge in [-0.15, -0.1) is 0 Å². The van der Waals surface area contributed by atoms with Crippen molar-refractivity contribution in [2.75, 3.05) is 6.54 Å². The summed E-state index contributed by atoms with van der Waals surface area (Å²) in [6, 6.07) is 16.8. The minimum atomic E-state index is 0.365. The van der Waals surface area contributed by atoms with Gasteiger partial charge in [-0.25, -0.2) is 0 Å². The molecule has 3 nitrogen and oxygen atoms in total. The number of rotatable bonds is 3. The summed E-state index contributed by atoms with van der Waals surface area (Å²) in [7, 11) is 0. The SMILES string of the molecule is Oc1ccc2ccncc2c1CN1CCC[C@@H]1c1ccccc1. The zero-order valence-electron chi connectivity index (χ0n) is 13.0. The first kappa shape index (κ1) is 14.2. The molecule has 3 aromatic rings. The van der Waals surface area contributed by atoms with Gasteiger partial charge in [-0.2, -0.15) is 0 Å². The molecular formula is C20H20N2O. The monoisotopic (exact) mass is 304 g/mol. The van der Waals surface area contributed by atoms with Crippen molar-refractivity contribution >= 4 is 10.8 Å². The van der Waals surface area contributed by atoms with Gasteiger partial charge in [0.15, 0.2) is 0 Å². The Balaban J connectivity index is 1.69. The van der Waals surface area contributed by atoms with E-state index in [-0.39, 0.29) is 0 Å². The largest absolute Gasteiger partial charge is 0.508 e. The highest BCUT2D eigenvalue weighted by Gasteiger charge is 2.26. The summed E-state index contributed by atoms with van der Waals surface area (Å²) in [6.07, 6.45) is 6.03. The standard InChI is InChI=1S/C20H20N2O/c23-20-9-8-15-10-11-21-13-17(15)18(20)14-22-12-4-7-19(22)16-5-2-1-3-6-16/h1-3,5-6,8-11,13,19,23H,4,7,12,14H2/t19-/m1/s1. The van der Waals surface area contributed by atoms with Crippen LogP contribution in [0.15, 0.2) is 60.9 Å². The molecule has 0 amide bonds. The van der Waals surface area contributed by atoms with E-state index in [4.69, 9.17) is 0 Å². The van der Waals surface area contributed by atoms with E-state index in [2.05, 4.69) is 40.2 Å². The van der Waals surface area contributed by atoms with Crippen LogP contribution in [0.3, 0.4) is 0 Å². The Morgan fingerprint density at radius 2 is 1.96 bits per heavy atom. The zero-order valence-corrected chi connectivity index (χ0v) is 13.0. The highest BCUT2D eigenvalue weighted by Crippen LogP contribution is 2.36. The van der Waals surface area contributed by atoms with Gasteiger partial charge in [-0.1, -0.05) is 36.4 Å². The third-order valence-corrected chi connectivity index (χ3v) is 4.82. The van der Waals surface area contributed by atoms with Crippen molar-refractivity contribution in [3.05, 3.63) is 72.1 Å². The van der Waals surface area contributed by atoms with Gasteiger partial charge in [-0.3, -0.25) is 9.88 Å². The van der Waals surface area contributed by atoms with E-state index in [9.17, 15) is 5.11 Å². The van der Waals surface area contributed by atoms with Crippen molar-refractivity contribution in [2.45, 2.75) is 25.4 Å². The molecule has 1 aliphatic heterocycles. The minimum Gasteiger partial charge on any atom is -0.508 e. The maximum atomic E-state index is 10.4. The van der Waals surface area contributed by atoms with Crippen molar-refractivity contribution in [3.63, 3.8) is 0 Å². The lowest BCUT2D eigenvalue weighted by Crippen LogP contribution is -2.23. The first-order chi connectivity index (χ1) is 11.3. The molecule has 3 heteroatoms. The smallest absolute Gasteiger partial charge is 0.120 e. The summed E-state index contributed by atoms with van der Waals surface area (Å²) in [5, 5.41) is 12.5. The van der Waals surface area contributed by atoms with Crippen LogP contribution >= 0.6 is 0 Å². The summed E-state index contributed by atoms with van der Waals surface area (Å²) in [6.45, 7) is 1.82. The number of phenolic OH excluding ortho intramolecular Hbond substituents is 1. The summed E-state index contributed by atoms with van der Waals surface area (Å²) in [5.74, 6) is 0.365. The number of phenols is 1. The molecule has 0 spiro atoms. The molecule has 2 heterocycles. The van der Waals surface area contributed by atoms with Gasteiger partial charge in [-0.05, 0) is 42.5 Å². The van der Waals surface area contributed by atoms with Gasteiger partial charge < -0.3 is 5.11 Å². The van der Waals surface area contributed by atoms with Crippen molar-refractivity contribution in [2.24, 2.45) is 0 Å². The van der Waals surface area contributed by atoms with Crippen LogP contribution in [0.1, 0.15) is 30.0 Å². The lowest BCUT2D eigenvalue weighted by molar-refractivity contribution is 0.246. The van der Waals surface area contributed by atoms with E-state index in [0.717, 1.165) is 29.4 Å². The van der Waals surface area contributed by atoms with E-state index in [1.165, 1.54) is 18.4 Å². The fourth-order valence-corrected chi connectivity index (χ4v) is 3.65. The number of pyridine rings is 1. The van der Waals surface area contributed by atoms with Crippen molar-refractivity contribution in [3.8, 4) is 5.75 Å². The van der Waals surface area contributed by atoms with E-state index in [0.29, 0.717) is 11.8 Å². The van der Waals surface area contributed by atoms with Crippen LogP contribution in [0.2, 0.25) is 0 Å². The molecule has 4 rings (SSSR count). The van der Waals surface area contributed by atoms with E-state index >= 15 is 0 Å². The third kappa shape index (κ3) is 2.68. The van der Waals surface area contributed by atoms with Gasteiger partial charge in [0.1, 0.15) is 5.75 Å². The second kappa shape index (κ2) is 6.01. The van der Waals surface area contributed by atoms with E-state index < -0.39 is 0 Å². The number of benzene rings is 2. The molecule has 1 N–H and O–H groups in total. The molecule has 1 aliphatic rings. The van der Waals surface area contributed by atoms with Gasteiger partial charge >= 0.3 is 0 Å². The molecular weight excluding hydrogens is 284 g/mol. The third-order valence-electron chi connectivity index (χ3n) is 4.82.